The van der Waals surface area contributed by atoms with E-state index < -0.39 is 0 Å². The first-order valence-corrected chi connectivity index (χ1v) is 11.0. The van der Waals surface area contributed by atoms with Crippen LogP contribution in [-0.4, -0.2) is 31.1 Å². The highest BCUT2D eigenvalue weighted by Gasteiger charge is 2.07. The number of hydrogen-bond acceptors (Lipinski definition) is 2. The Morgan fingerprint density at radius 3 is 1.44 bits per heavy atom. The van der Waals surface area contributed by atoms with Gasteiger partial charge in [-0.05, 0) is 27.4 Å². The summed E-state index contributed by atoms with van der Waals surface area (Å²) in [6.07, 6.45) is 21.3. The van der Waals surface area contributed by atoms with Crippen LogP contribution in [0.2, 0.25) is 0 Å². The molecule has 1 amide bonds. The number of unbranched alkanes of at least 4 members (excludes halogenated alkanes) is 14. The fourth-order valence-electron chi connectivity index (χ4n) is 3.09. The maximum Gasteiger partial charge on any atom is 0.221 e. The van der Waals surface area contributed by atoms with Gasteiger partial charge in [-0.2, -0.15) is 0 Å². The molecule has 3 heteroatoms. The number of hydrogen-bond donors (Lipinski definition) is 1. The van der Waals surface area contributed by atoms with Crippen molar-refractivity contribution in [3.63, 3.8) is 0 Å². The van der Waals surface area contributed by atoms with E-state index in [1.807, 2.05) is 25.9 Å². The van der Waals surface area contributed by atoms with Gasteiger partial charge in [0.2, 0.25) is 5.91 Å². The molecule has 150 valence electrons. The lowest BCUT2D eigenvalue weighted by molar-refractivity contribution is -0.122. The third kappa shape index (κ3) is 18.0. The maximum atomic E-state index is 11.8. The summed E-state index contributed by atoms with van der Waals surface area (Å²) < 4.78 is 0. The first kappa shape index (κ1) is 24.4. The average Bonchev–Trinajstić information content (AvgIpc) is 2.58. The zero-order chi connectivity index (χ0) is 18.8. The molecule has 0 aliphatic rings. The van der Waals surface area contributed by atoms with Crippen LogP contribution in [0.15, 0.2) is 0 Å². The maximum absolute atomic E-state index is 11.8. The molecule has 0 rings (SSSR count). The van der Waals surface area contributed by atoms with Crippen molar-refractivity contribution in [1.29, 1.82) is 0 Å². The third-order valence-corrected chi connectivity index (χ3v) is 5.15. The molecular formula is C22H46N2O. The molecule has 0 saturated heterocycles. The number of amides is 1. The molecule has 0 radical (unpaired) electrons. The monoisotopic (exact) mass is 354 g/mol. The van der Waals surface area contributed by atoms with Crippen molar-refractivity contribution in [1.82, 2.24) is 10.2 Å². The van der Waals surface area contributed by atoms with Gasteiger partial charge >= 0.3 is 0 Å². The average molecular weight is 355 g/mol. The smallest absolute Gasteiger partial charge is 0.221 e. The first-order chi connectivity index (χ1) is 12.1. The van der Waals surface area contributed by atoms with Crippen LogP contribution in [0.1, 0.15) is 117 Å². The summed E-state index contributed by atoms with van der Waals surface area (Å²) in [6.45, 7) is 4.30. The van der Waals surface area contributed by atoms with Crippen LogP contribution in [-0.2, 0) is 4.79 Å². The molecule has 3 nitrogen and oxygen atoms in total. The number of carbonyl (C=O) groups excluding carboxylic acids is 1. The number of nitrogens with one attached hydrogen (secondary N) is 1. The van der Waals surface area contributed by atoms with E-state index in [0.29, 0.717) is 6.42 Å². The molecule has 0 aromatic heterocycles. The van der Waals surface area contributed by atoms with Crippen LogP contribution in [0.5, 0.6) is 0 Å². The summed E-state index contributed by atoms with van der Waals surface area (Å²) >= 11 is 0. The highest BCUT2D eigenvalue weighted by molar-refractivity contribution is 5.76. The topological polar surface area (TPSA) is 32.3 Å². The second-order valence-corrected chi connectivity index (χ2v) is 7.91. The molecule has 25 heavy (non-hydrogen) atoms. The largest absolute Gasteiger partial charge is 0.341 e. The van der Waals surface area contributed by atoms with E-state index in [0.717, 1.165) is 6.42 Å². The molecule has 0 saturated carbocycles. The first-order valence-electron chi connectivity index (χ1n) is 11.0. The minimum Gasteiger partial charge on any atom is -0.341 e. The van der Waals surface area contributed by atoms with Crippen molar-refractivity contribution in [3.05, 3.63) is 0 Å². The van der Waals surface area contributed by atoms with Gasteiger partial charge in [-0.25, -0.2) is 0 Å². The highest BCUT2D eigenvalue weighted by Crippen LogP contribution is 2.13. The lowest BCUT2D eigenvalue weighted by Gasteiger charge is -2.20. The van der Waals surface area contributed by atoms with Crippen LogP contribution in [0, 0.1) is 0 Å². The van der Waals surface area contributed by atoms with Crippen molar-refractivity contribution < 1.29 is 4.79 Å². The zero-order valence-corrected chi connectivity index (χ0v) is 17.7. The number of carbonyl (C=O) groups is 1. The van der Waals surface area contributed by atoms with E-state index in [-0.39, 0.29) is 12.1 Å². The predicted octanol–water partition coefficient (Wildman–Crippen LogP) is 6.27. The van der Waals surface area contributed by atoms with Crippen molar-refractivity contribution >= 4 is 5.91 Å². The molecule has 0 aliphatic heterocycles. The van der Waals surface area contributed by atoms with Crippen LogP contribution in [0.3, 0.4) is 0 Å². The van der Waals surface area contributed by atoms with Crippen LogP contribution in [0.4, 0.5) is 0 Å². The normalized spacial score (nSPS) is 12.5. The Labute approximate surface area is 158 Å². The Balaban J connectivity index is 3.17. The Kier molecular flexibility index (Phi) is 17.8. The SMILES string of the molecule is CCCCCCCCCCCCCCCCCC(=O)NC(C)N(C)C. The second-order valence-electron chi connectivity index (χ2n) is 7.91. The van der Waals surface area contributed by atoms with Gasteiger partial charge in [-0.1, -0.05) is 96.8 Å². The molecule has 0 bridgehead atoms. The quantitative estimate of drug-likeness (QED) is 0.232. The minimum absolute atomic E-state index is 0.129. The lowest BCUT2D eigenvalue weighted by Crippen LogP contribution is -2.42. The van der Waals surface area contributed by atoms with Crippen molar-refractivity contribution in [3.8, 4) is 0 Å². The zero-order valence-electron chi connectivity index (χ0n) is 17.7. The third-order valence-electron chi connectivity index (χ3n) is 5.15. The van der Waals surface area contributed by atoms with Crippen molar-refractivity contribution in [2.24, 2.45) is 0 Å². The predicted molar refractivity (Wildman–Crippen MR) is 111 cm³/mol. The fraction of sp³-hybridized carbons (Fsp3) is 0.955. The van der Waals surface area contributed by atoms with E-state index >= 15 is 0 Å². The van der Waals surface area contributed by atoms with E-state index in [1.165, 1.54) is 89.9 Å². The van der Waals surface area contributed by atoms with Crippen LogP contribution >= 0.6 is 0 Å². The van der Waals surface area contributed by atoms with E-state index in [1.54, 1.807) is 0 Å². The van der Waals surface area contributed by atoms with E-state index in [2.05, 4.69) is 12.2 Å². The summed E-state index contributed by atoms with van der Waals surface area (Å²) in [5, 5.41) is 3.02. The van der Waals surface area contributed by atoms with Gasteiger partial charge in [0.05, 0.1) is 6.17 Å². The van der Waals surface area contributed by atoms with Gasteiger partial charge in [0.15, 0.2) is 0 Å². The Morgan fingerprint density at radius 1 is 0.720 bits per heavy atom. The molecule has 0 spiro atoms. The highest BCUT2D eigenvalue weighted by atomic mass is 16.1. The molecule has 0 aliphatic carbocycles. The Hall–Kier alpha value is -0.570. The summed E-state index contributed by atoms with van der Waals surface area (Å²) in [4.78, 5) is 13.8. The number of nitrogens with zero attached hydrogens (tertiary/aromatic N) is 1. The molecule has 0 fully saturated rings. The van der Waals surface area contributed by atoms with Gasteiger partial charge < -0.3 is 5.32 Å². The van der Waals surface area contributed by atoms with Gasteiger partial charge in [0.1, 0.15) is 0 Å². The van der Waals surface area contributed by atoms with Gasteiger partial charge in [-0.15, -0.1) is 0 Å². The molecule has 1 atom stereocenters. The second kappa shape index (κ2) is 18.2. The van der Waals surface area contributed by atoms with E-state index in [4.69, 9.17) is 0 Å². The Bertz CT molecular complexity index is 292. The molecule has 0 aromatic rings. The molecule has 0 heterocycles. The number of rotatable bonds is 18. The van der Waals surface area contributed by atoms with Crippen LogP contribution in [0.25, 0.3) is 0 Å². The Morgan fingerprint density at radius 2 is 1.08 bits per heavy atom. The standard InChI is InChI=1S/C22H46N2O/c1-5-6-7-8-9-10-11-12-13-14-15-16-17-18-19-20-22(25)23-21(2)24(3)4/h21H,5-20H2,1-4H3,(H,23,25). The van der Waals surface area contributed by atoms with Crippen molar-refractivity contribution in [2.45, 2.75) is 123 Å². The summed E-state index contributed by atoms with van der Waals surface area (Å²) in [6, 6.07) is 0. The van der Waals surface area contributed by atoms with Crippen LogP contribution < -0.4 is 5.32 Å². The molecule has 1 N–H and O–H groups in total. The van der Waals surface area contributed by atoms with Gasteiger partial charge in [0.25, 0.3) is 0 Å². The summed E-state index contributed by atoms with van der Waals surface area (Å²) in [5.41, 5.74) is 0. The molecular weight excluding hydrogens is 308 g/mol. The van der Waals surface area contributed by atoms with Crippen molar-refractivity contribution in [2.75, 3.05) is 14.1 Å². The molecule has 0 aromatic carbocycles. The van der Waals surface area contributed by atoms with Gasteiger partial charge in [0, 0.05) is 6.42 Å². The molecule has 1 unspecified atom stereocenters. The summed E-state index contributed by atoms with van der Waals surface area (Å²) in [5.74, 6) is 0.191. The fourth-order valence-corrected chi connectivity index (χ4v) is 3.09. The van der Waals surface area contributed by atoms with E-state index in [9.17, 15) is 4.79 Å². The summed E-state index contributed by atoms with van der Waals surface area (Å²) in [7, 11) is 3.97. The minimum atomic E-state index is 0.129. The lowest BCUT2D eigenvalue weighted by atomic mass is 10.0. The van der Waals surface area contributed by atoms with Gasteiger partial charge in [-0.3, -0.25) is 9.69 Å².